The van der Waals surface area contributed by atoms with E-state index in [-0.39, 0.29) is 0 Å². The van der Waals surface area contributed by atoms with Crippen molar-refractivity contribution in [1.82, 2.24) is 29.2 Å². The molecule has 138 valence electrons. The number of aromatic nitrogens is 6. The van der Waals surface area contributed by atoms with Crippen LogP contribution in [0.2, 0.25) is 0 Å². The average molecular weight is 388 g/mol. The number of pyridine rings is 1. The van der Waals surface area contributed by atoms with Crippen LogP contribution in [0.3, 0.4) is 0 Å². The van der Waals surface area contributed by atoms with Gasteiger partial charge in [0.1, 0.15) is 11.4 Å². The van der Waals surface area contributed by atoms with Crippen molar-refractivity contribution in [3.8, 4) is 16.3 Å². The van der Waals surface area contributed by atoms with Gasteiger partial charge in [-0.25, -0.2) is 0 Å². The monoisotopic (exact) mass is 388 g/mol. The molecule has 0 spiro atoms. The molecule has 0 saturated carbocycles. The maximum Gasteiger partial charge on any atom is 0.177 e. The first-order chi connectivity index (χ1) is 13.7. The van der Waals surface area contributed by atoms with Crippen molar-refractivity contribution in [2.75, 3.05) is 7.11 Å². The van der Waals surface area contributed by atoms with E-state index in [0.29, 0.717) is 6.42 Å². The Hall–Kier alpha value is -3.39. The Kier molecular flexibility index (Phi) is 3.98. The minimum atomic E-state index is 0.618. The Bertz CT molecular complexity index is 1310. The number of fused-ring (bicyclic) bond motifs is 2. The summed E-state index contributed by atoms with van der Waals surface area (Å²) in [6.07, 6.45) is 2.34. The second-order valence-corrected chi connectivity index (χ2v) is 7.32. The molecule has 4 aromatic heterocycles. The number of methoxy groups -OCH3 is 1. The van der Waals surface area contributed by atoms with Crippen molar-refractivity contribution in [1.29, 1.82) is 0 Å². The van der Waals surface area contributed by atoms with Crippen molar-refractivity contribution < 1.29 is 4.74 Å². The third-order valence-electron chi connectivity index (χ3n) is 4.53. The van der Waals surface area contributed by atoms with Crippen molar-refractivity contribution in [2.24, 2.45) is 0 Å². The van der Waals surface area contributed by atoms with Crippen molar-refractivity contribution in [3.05, 3.63) is 65.7 Å². The second kappa shape index (κ2) is 6.65. The third-order valence-corrected chi connectivity index (χ3v) is 5.43. The van der Waals surface area contributed by atoms with Crippen molar-refractivity contribution in [2.45, 2.75) is 13.3 Å². The van der Waals surface area contributed by atoms with Crippen LogP contribution in [0.4, 0.5) is 0 Å². The summed E-state index contributed by atoms with van der Waals surface area (Å²) in [4.78, 5) is 5.44. The SMILES string of the molecule is COc1cnc2ccc(Cc3nnc4ccc(-c5cc(C)ns5)nn34)cc2c1. The number of benzene rings is 1. The first-order valence-corrected chi connectivity index (χ1v) is 9.55. The molecule has 0 unspecified atom stereocenters. The largest absolute Gasteiger partial charge is 0.495 e. The quantitative estimate of drug-likeness (QED) is 0.467. The van der Waals surface area contributed by atoms with Crippen LogP contribution in [-0.4, -0.2) is 36.3 Å². The Morgan fingerprint density at radius 2 is 2.00 bits per heavy atom. The zero-order valence-electron chi connectivity index (χ0n) is 15.3. The summed E-state index contributed by atoms with van der Waals surface area (Å²) < 4.78 is 11.4. The zero-order chi connectivity index (χ0) is 19.1. The Morgan fingerprint density at radius 1 is 1.07 bits per heavy atom. The number of nitrogens with zero attached hydrogens (tertiary/aromatic N) is 6. The smallest absolute Gasteiger partial charge is 0.177 e. The number of hydrogen-bond donors (Lipinski definition) is 0. The third kappa shape index (κ3) is 2.97. The summed E-state index contributed by atoms with van der Waals surface area (Å²) in [5, 5.41) is 14.4. The molecule has 0 N–H and O–H groups in total. The molecule has 8 heteroatoms. The molecule has 5 rings (SSSR count). The predicted octanol–water partition coefficient (Wildman–Crippen LogP) is 3.70. The van der Waals surface area contributed by atoms with Gasteiger partial charge in [-0.1, -0.05) is 6.07 Å². The van der Waals surface area contributed by atoms with Gasteiger partial charge in [-0.2, -0.15) is 14.0 Å². The fourth-order valence-corrected chi connectivity index (χ4v) is 3.84. The molecule has 0 aliphatic carbocycles. The number of rotatable bonds is 4. The van der Waals surface area contributed by atoms with Gasteiger partial charge in [0, 0.05) is 11.8 Å². The highest BCUT2D eigenvalue weighted by Gasteiger charge is 2.11. The summed E-state index contributed by atoms with van der Waals surface area (Å²) in [6, 6.07) is 14.1. The predicted molar refractivity (Wildman–Crippen MR) is 108 cm³/mol. The minimum absolute atomic E-state index is 0.618. The van der Waals surface area contributed by atoms with Gasteiger partial charge in [0.2, 0.25) is 0 Å². The lowest BCUT2D eigenvalue weighted by Gasteiger charge is -2.05. The van der Waals surface area contributed by atoms with Gasteiger partial charge in [0.05, 0.1) is 29.4 Å². The first kappa shape index (κ1) is 16.8. The molecule has 0 saturated heterocycles. The van der Waals surface area contributed by atoms with E-state index in [2.05, 4.69) is 31.7 Å². The van der Waals surface area contributed by atoms with E-state index in [1.807, 2.05) is 37.3 Å². The van der Waals surface area contributed by atoms with E-state index < -0.39 is 0 Å². The molecule has 5 aromatic rings. The molecule has 0 atom stereocenters. The van der Waals surface area contributed by atoms with Crippen LogP contribution in [0.25, 0.3) is 27.1 Å². The van der Waals surface area contributed by atoms with Gasteiger partial charge in [-0.05, 0) is 60.4 Å². The molecule has 1 aromatic carbocycles. The summed E-state index contributed by atoms with van der Waals surface area (Å²) in [7, 11) is 1.64. The van der Waals surface area contributed by atoms with Crippen LogP contribution < -0.4 is 4.74 Å². The van der Waals surface area contributed by atoms with Gasteiger partial charge >= 0.3 is 0 Å². The molecule has 0 aliphatic rings. The summed E-state index contributed by atoms with van der Waals surface area (Å²) in [6.45, 7) is 1.98. The van der Waals surface area contributed by atoms with E-state index in [1.54, 1.807) is 17.8 Å². The van der Waals surface area contributed by atoms with Crippen LogP contribution >= 0.6 is 11.5 Å². The van der Waals surface area contributed by atoms with E-state index in [1.165, 1.54) is 11.5 Å². The highest BCUT2D eigenvalue weighted by atomic mass is 32.1. The minimum Gasteiger partial charge on any atom is -0.495 e. The second-order valence-electron chi connectivity index (χ2n) is 6.52. The zero-order valence-corrected chi connectivity index (χ0v) is 16.1. The fourth-order valence-electron chi connectivity index (χ4n) is 3.12. The Morgan fingerprint density at radius 3 is 2.82 bits per heavy atom. The first-order valence-electron chi connectivity index (χ1n) is 8.77. The maximum absolute atomic E-state index is 5.28. The lowest BCUT2D eigenvalue weighted by Crippen LogP contribution is -2.01. The topological polar surface area (TPSA) is 78.1 Å². The molecule has 28 heavy (non-hydrogen) atoms. The number of aryl methyl sites for hydroxylation is 1. The number of hydrogen-bond acceptors (Lipinski definition) is 7. The summed E-state index contributed by atoms with van der Waals surface area (Å²) >= 11 is 1.44. The van der Waals surface area contributed by atoms with Gasteiger partial charge in [-0.3, -0.25) is 4.98 Å². The van der Waals surface area contributed by atoms with Crippen LogP contribution in [0, 0.1) is 6.92 Å². The molecular formula is C20H16N6OS. The van der Waals surface area contributed by atoms with Gasteiger partial charge in [0.25, 0.3) is 0 Å². The van der Waals surface area contributed by atoms with Gasteiger partial charge in [0.15, 0.2) is 11.5 Å². The van der Waals surface area contributed by atoms with E-state index in [4.69, 9.17) is 9.84 Å². The Labute approximate surface area is 164 Å². The lowest BCUT2D eigenvalue weighted by molar-refractivity contribution is 0.414. The normalized spacial score (nSPS) is 11.4. The molecular weight excluding hydrogens is 372 g/mol. The van der Waals surface area contributed by atoms with Crippen LogP contribution in [0.1, 0.15) is 17.1 Å². The van der Waals surface area contributed by atoms with Crippen molar-refractivity contribution in [3.63, 3.8) is 0 Å². The summed E-state index contributed by atoms with van der Waals surface area (Å²) in [5.74, 6) is 1.53. The van der Waals surface area contributed by atoms with E-state index >= 15 is 0 Å². The lowest BCUT2D eigenvalue weighted by atomic mass is 10.1. The molecule has 0 radical (unpaired) electrons. The van der Waals surface area contributed by atoms with Crippen LogP contribution in [0.5, 0.6) is 5.75 Å². The molecule has 0 amide bonds. The molecule has 0 aliphatic heterocycles. The molecule has 0 fully saturated rings. The molecule has 7 nitrogen and oxygen atoms in total. The average Bonchev–Trinajstić information content (AvgIpc) is 3.33. The number of ether oxygens (including phenoxy) is 1. The van der Waals surface area contributed by atoms with E-state index in [0.717, 1.165) is 50.0 Å². The van der Waals surface area contributed by atoms with Crippen LogP contribution in [-0.2, 0) is 6.42 Å². The van der Waals surface area contributed by atoms with Gasteiger partial charge < -0.3 is 4.74 Å². The van der Waals surface area contributed by atoms with E-state index in [9.17, 15) is 0 Å². The highest BCUT2D eigenvalue weighted by Crippen LogP contribution is 2.24. The molecule has 4 heterocycles. The highest BCUT2D eigenvalue weighted by molar-refractivity contribution is 7.09. The Balaban J connectivity index is 1.53. The standard InChI is InChI=1S/C20H16N6OS/c1-12-7-18(28-25-12)17-5-6-19-22-23-20(26(19)24-17)9-13-3-4-16-14(8-13)10-15(27-2)11-21-16/h3-8,10-11H,9H2,1-2H3. The fraction of sp³-hybridized carbons (Fsp3) is 0.150. The summed E-state index contributed by atoms with van der Waals surface area (Å²) in [5.41, 5.74) is 4.62. The van der Waals surface area contributed by atoms with Gasteiger partial charge in [-0.15, -0.1) is 10.2 Å². The van der Waals surface area contributed by atoms with Crippen molar-refractivity contribution >= 4 is 28.1 Å². The molecule has 0 bridgehead atoms. The van der Waals surface area contributed by atoms with Crippen LogP contribution in [0.15, 0.2) is 48.7 Å². The maximum atomic E-state index is 5.28.